The molecule has 2 heterocycles. The summed E-state index contributed by atoms with van der Waals surface area (Å²) in [5, 5.41) is 11.5. The van der Waals surface area contributed by atoms with E-state index >= 15 is 0 Å². The minimum Gasteiger partial charge on any atom is -0.385 e. The lowest BCUT2D eigenvalue weighted by Crippen LogP contribution is -2.28. The van der Waals surface area contributed by atoms with E-state index in [1.54, 1.807) is 6.20 Å². The molecule has 2 aromatic heterocycles. The van der Waals surface area contributed by atoms with Crippen LogP contribution in [0.1, 0.15) is 0 Å². The van der Waals surface area contributed by atoms with Crippen molar-refractivity contribution in [1.29, 1.82) is 0 Å². The monoisotopic (exact) mass is 286 g/mol. The van der Waals surface area contributed by atoms with Gasteiger partial charge >= 0.3 is 0 Å². The zero-order valence-corrected chi connectivity index (χ0v) is 10.1. The molecule has 1 unspecified atom stereocenters. The highest BCUT2D eigenvalue weighted by molar-refractivity contribution is 5.37. The smallest absolute Gasteiger partial charge is 0.265 e. The van der Waals surface area contributed by atoms with Gasteiger partial charge in [-0.05, 0) is 0 Å². The largest absolute Gasteiger partial charge is 0.385 e. The Morgan fingerprint density at radius 3 is 2.65 bits per heavy atom. The first-order chi connectivity index (χ1) is 9.60. The third-order valence-electron chi connectivity index (χ3n) is 2.25. The number of anilines is 2. The van der Waals surface area contributed by atoms with Crippen LogP contribution in [0.25, 0.3) is 5.95 Å². The number of nitrogens with one attached hydrogen (secondary N) is 2. The van der Waals surface area contributed by atoms with Crippen molar-refractivity contribution in [1.82, 2.24) is 24.5 Å². The van der Waals surface area contributed by atoms with Crippen molar-refractivity contribution in [2.45, 2.75) is 12.5 Å². The van der Waals surface area contributed by atoms with E-state index in [0.29, 0.717) is 0 Å². The molecule has 0 bridgehead atoms. The molecule has 0 aliphatic heterocycles. The molecule has 0 spiro atoms. The molecule has 1 atom stereocenters. The Balaban J connectivity index is 2.18. The highest BCUT2D eigenvalue weighted by Gasteiger charge is 2.17. The molecular weight excluding hydrogens is 274 g/mol. The normalized spacial score (nSPS) is 12.4. The number of rotatable bonds is 6. The molecule has 2 aromatic rings. The highest BCUT2D eigenvalue weighted by Crippen LogP contribution is 2.09. The van der Waals surface area contributed by atoms with Crippen molar-refractivity contribution in [2.75, 3.05) is 17.3 Å². The summed E-state index contributed by atoms with van der Waals surface area (Å²) in [6.07, 6.45) is -0.115. The Bertz CT molecular complexity index is 549. The van der Waals surface area contributed by atoms with Gasteiger partial charge in [-0.15, -0.1) is 0 Å². The van der Waals surface area contributed by atoms with Gasteiger partial charge in [0.2, 0.25) is 17.8 Å². The maximum atomic E-state index is 12.2. The number of halogens is 2. The Morgan fingerprint density at radius 2 is 2.05 bits per heavy atom. The first-order valence-electron chi connectivity index (χ1n) is 5.51. The van der Waals surface area contributed by atoms with Crippen molar-refractivity contribution in [3.05, 3.63) is 18.7 Å². The number of nitrogen functional groups attached to an aromatic ring is 1. The molecule has 0 aliphatic rings. The maximum absolute atomic E-state index is 12.2. The maximum Gasteiger partial charge on any atom is 0.265 e. The van der Waals surface area contributed by atoms with E-state index < -0.39 is 19.1 Å². The number of nitrogens with zero attached hydrogens (tertiary/aromatic N) is 5. The first-order valence-corrected chi connectivity index (χ1v) is 5.51. The van der Waals surface area contributed by atoms with Gasteiger partial charge in [0.05, 0.1) is 0 Å². The quantitative estimate of drug-likeness (QED) is 0.409. The summed E-state index contributed by atoms with van der Waals surface area (Å²) in [6, 6.07) is 0. The average Bonchev–Trinajstić information content (AvgIpc) is 2.98. The third kappa shape index (κ3) is 3.33. The minimum absolute atomic E-state index is 0.00338. The lowest BCUT2D eigenvalue weighted by molar-refractivity contribution is 0.00376. The van der Waals surface area contributed by atoms with Crippen LogP contribution < -0.4 is 16.6 Å². The fraction of sp³-hybridized carbons (Fsp3) is 0.333. The van der Waals surface area contributed by atoms with Crippen LogP contribution in [-0.4, -0.2) is 48.7 Å². The van der Waals surface area contributed by atoms with Crippen LogP contribution in [-0.2, 0) is 0 Å². The van der Waals surface area contributed by atoms with E-state index in [9.17, 15) is 8.78 Å². The van der Waals surface area contributed by atoms with Gasteiger partial charge in [0, 0.05) is 18.9 Å². The number of hydrogen-bond acceptors (Lipinski definition) is 8. The zero-order chi connectivity index (χ0) is 14.5. The molecule has 0 aliphatic carbocycles. The third-order valence-corrected chi connectivity index (χ3v) is 2.25. The van der Waals surface area contributed by atoms with Crippen LogP contribution in [0, 0.1) is 0 Å². The van der Waals surface area contributed by atoms with Gasteiger partial charge in [0.1, 0.15) is 12.4 Å². The first kappa shape index (κ1) is 14.0. The van der Waals surface area contributed by atoms with Crippen molar-refractivity contribution in [3.8, 4) is 5.95 Å². The van der Waals surface area contributed by atoms with Gasteiger partial charge < -0.3 is 10.4 Å². The Kier molecular flexibility index (Phi) is 4.32. The number of imidazole rings is 1. The Hall–Kier alpha value is -2.40. The zero-order valence-electron chi connectivity index (χ0n) is 10.1. The summed E-state index contributed by atoms with van der Waals surface area (Å²) in [6.45, 7) is -0.408. The molecule has 0 aromatic carbocycles. The van der Waals surface area contributed by atoms with Gasteiger partial charge in [-0.3, -0.25) is 9.99 Å². The highest BCUT2D eigenvalue weighted by atomic mass is 19.3. The summed E-state index contributed by atoms with van der Waals surface area (Å²) in [5.41, 5.74) is 2.23. The van der Waals surface area contributed by atoms with Gasteiger partial charge in [-0.2, -0.15) is 15.0 Å². The van der Waals surface area contributed by atoms with Crippen LogP contribution in [0.3, 0.4) is 0 Å². The summed E-state index contributed by atoms with van der Waals surface area (Å²) < 4.78 is 25.9. The van der Waals surface area contributed by atoms with Crippen LogP contribution in [0.4, 0.5) is 20.7 Å². The predicted octanol–water partition coefficient (Wildman–Crippen LogP) is -0.619. The van der Waals surface area contributed by atoms with Gasteiger partial charge in [0.15, 0.2) is 0 Å². The fourth-order valence-electron chi connectivity index (χ4n) is 1.29. The second kappa shape index (κ2) is 6.16. The summed E-state index contributed by atoms with van der Waals surface area (Å²) in [4.78, 5) is 15.6. The molecule has 0 fully saturated rings. The average molecular weight is 286 g/mol. The van der Waals surface area contributed by atoms with Gasteiger partial charge in [0.25, 0.3) is 6.43 Å². The van der Waals surface area contributed by atoms with Crippen molar-refractivity contribution < 1.29 is 13.9 Å². The van der Waals surface area contributed by atoms with Gasteiger partial charge in [-0.1, -0.05) is 0 Å². The van der Waals surface area contributed by atoms with Crippen LogP contribution >= 0.6 is 0 Å². The molecule has 11 heteroatoms. The molecule has 5 N–H and O–H groups in total. The van der Waals surface area contributed by atoms with Crippen LogP contribution in [0.15, 0.2) is 18.7 Å². The fourth-order valence-corrected chi connectivity index (χ4v) is 1.29. The SMILES string of the molecule is NNc1nc(NCC(O)C(F)F)nc(-n2ccnc2)n1. The molecule has 9 nitrogen and oxygen atoms in total. The van der Waals surface area contributed by atoms with Crippen molar-refractivity contribution in [2.24, 2.45) is 5.84 Å². The topological polar surface area (TPSA) is 127 Å². The number of aliphatic hydroxyl groups is 1. The van der Waals surface area contributed by atoms with E-state index in [0.717, 1.165) is 0 Å². The van der Waals surface area contributed by atoms with E-state index in [1.807, 2.05) is 0 Å². The Labute approximate surface area is 111 Å². The molecule has 20 heavy (non-hydrogen) atoms. The molecular formula is C9H12F2N8O. The molecule has 108 valence electrons. The molecule has 0 saturated carbocycles. The lowest BCUT2D eigenvalue weighted by atomic mass is 10.4. The minimum atomic E-state index is -2.86. The number of hydrazine groups is 1. The molecule has 2 rings (SSSR count). The number of hydrogen-bond donors (Lipinski definition) is 4. The standard InChI is InChI=1S/C9H12F2N8O/c10-6(11)5(20)3-14-7-15-8(18-12)17-9(16-7)19-2-1-13-4-19/h1-2,4-6,20H,3,12H2,(H2,14,15,16,17,18). The summed E-state index contributed by atoms with van der Waals surface area (Å²) in [5.74, 6) is 5.45. The number of aromatic nitrogens is 5. The number of nitrogens with two attached hydrogens (primary N) is 1. The predicted molar refractivity (Wildman–Crippen MR) is 65.3 cm³/mol. The van der Waals surface area contributed by atoms with Crippen molar-refractivity contribution >= 4 is 11.9 Å². The van der Waals surface area contributed by atoms with Crippen LogP contribution in [0.5, 0.6) is 0 Å². The van der Waals surface area contributed by atoms with E-state index in [-0.39, 0.29) is 17.8 Å². The Morgan fingerprint density at radius 1 is 1.30 bits per heavy atom. The van der Waals surface area contributed by atoms with Gasteiger partial charge in [-0.25, -0.2) is 19.6 Å². The molecule has 0 amide bonds. The molecule has 0 radical (unpaired) electrons. The second-order valence-electron chi connectivity index (χ2n) is 3.68. The number of alkyl halides is 2. The summed E-state index contributed by atoms with van der Waals surface area (Å²) >= 11 is 0. The summed E-state index contributed by atoms with van der Waals surface area (Å²) in [7, 11) is 0. The van der Waals surface area contributed by atoms with Crippen molar-refractivity contribution in [3.63, 3.8) is 0 Å². The van der Waals surface area contributed by atoms with Crippen LogP contribution in [0.2, 0.25) is 0 Å². The van der Waals surface area contributed by atoms with E-state index in [1.165, 1.54) is 17.1 Å². The van der Waals surface area contributed by atoms with E-state index in [4.69, 9.17) is 10.9 Å². The molecule has 0 saturated heterocycles. The second-order valence-corrected chi connectivity index (χ2v) is 3.68. The number of aliphatic hydroxyl groups excluding tert-OH is 1. The van der Waals surface area contributed by atoms with E-state index in [2.05, 4.69) is 30.7 Å². The lowest BCUT2D eigenvalue weighted by Gasteiger charge is -2.12.